The highest BCUT2D eigenvalue weighted by Crippen LogP contribution is 2.41. The zero-order valence-corrected chi connectivity index (χ0v) is 36.1. The highest BCUT2D eigenvalue weighted by molar-refractivity contribution is 5.93. The van der Waals surface area contributed by atoms with Gasteiger partial charge >= 0.3 is 0 Å². The smallest absolute Gasteiger partial charge is 0.245 e. The number of aromatic amines is 1. The number of imidazole rings is 1. The molecule has 0 spiro atoms. The van der Waals surface area contributed by atoms with Gasteiger partial charge in [-0.2, -0.15) is 0 Å². The quantitative estimate of drug-likeness (QED) is 0.102. The number of rotatable bonds is 16. The Kier molecular flexibility index (Phi) is 12.8. The fourth-order valence-corrected chi connectivity index (χ4v) is 10.1. The van der Waals surface area contributed by atoms with Crippen molar-refractivity contribution in [3.05, 3.63) is 53.6 Å². The lowest BCUT2D eigenvalue weighted by atomic mass is 9.73. The predicted molar refractivity (Wildman–Crippen MR) is 228 cm³/mol. The Hall–Kier alpha value is -4.79. The van der Waals surface area contributed by atoms with Crippen LogP contribution in [0.3, 0.4) is 0 Å². The third-order valence-corrected chi connectivity index (χ3v) is 14.5. The summed E-state index contributed by atoms with van der Waals surface area (Å²) in [6.07, 6.45) is 3.43. The number of likely N-dealkylation sites (N-methyl/N-ethyl adjacent to an activating group) is 1. The number of carbonyl (C=O) groups excluding carboxylic acids is 4. The molecule has 0 radical (unpaired) electrons. The molecule has 15 heteroatoms. The standard InChI is InChI=1S/C47H59F4N7O4/c1-5-25(2)45(60)55-42(28-10-7-11-28)47(62)57-23-32(51)17-34(57)24-58-40-15-13-30(49)19-39(40)54-44(58)43-37(35-14-12-29(48)18-38(35)53-43)20-33-16-31(50)22-56(33)46(61)36(27-8-6-9-27)21-41(59)26(3)52-4/h12-15,18-19,25-28,31-34,36,42,52-53H,5-11,16-17,20-24H2,1-4H3,(H,55,60)/t25-,26+,31+,32+,33+,34+,36+,42+/m1/s1. The molecule has 0 unspecified atom stereocenters. The summed E-state index contributed by atoms with van der Waals surface area (Å²) >= 11 is 0. The Bertz CT molecular complexity index is 2160. The van der Waals surface area contributed by atoms with Crippen molar-refractivity contribution in [2.24, 2.45) is 23.7 Å². The van der Waals surface area contributed by atoms with Crippen LogP contribution in [0.25, 0.3) is 33.5 Å². The van der Waals surface area contributed by atoms with E-state index in [2.05, 4.69) is 15.6 Å². The second kappa shape index (κ2) is 18.1. The minimum atomic E-state index is -1.32. The fourth-order valence-electron chi connectivity index (χ4n) is 10.1. The number of Topliss-reactive ketones (excluding diaryl/α,β-unsaturated/α-hetero) is 1. The molecule has 334 valence electrons. The van der Waals surface area contributed by atoms with E-state index in [0.717, 1.165) is 38.5 Å². The van der Waals surface area contributed by atoms with E-state index in [1.54, 1.807) is 31.0 Å². The Balaban J connectivity index is 1.16. The van der Waals surface area contributed by atoms with Crippen molar-refractivity contribution in [3.8, 4) is 11.5 Å². The summed E-state index contributed by atoms with van der Waals surface area (Å²) in [6, 6.07) is 6.04. The molecular weight excluding hydrogens is 803 g/mol. The molecule has 8 rings (SSSR count). The van der Waals surface area contributed by atoms with Crippen molar-refractivity contribution in [3.63, 3.8) is 0 Å². The molecule has 2 aromatic heterocycles. The van der Waals surface area contributed by atoms with Gasteiger partial charge in [-0.3, -0.25) is 19.2 Å². The van der Waals surface area contributed by atoms with Gasteiger partial charge in [0.05, 0.1) is 41.9 Å². The number of hydrogen-bond acceptors (Lipinski definition) is 6. The van der Waals surface area contributed by atoms with Crippen LogP contribution in [0.1, 0.15) is 90.5 Å². The molecule has 2 saturated heterocycles. The molecule has 2 saturated carbocycles. The van der Waals surface area contributed by atoms with Gasteiger partial charge in [-0.05, 0) is 100 Å². The van der Waals surface area contributed by atoms with Gasteiger partial charge in [-0.1, -0.05) is 26.7 Å². The second-order valence-electron chi connectivity index (χ2n) is 18.5. The Labute approximate surface area is 359 Å². The number of aromatic nitrogens is 3. The molecule has 2 aliphatic carbocycles. The molecule has 2 aliphatic heterocycles. The van der Waals surface area contributed by atoms with Crippen LogP contribution in [0, 0.1) is 35.3 Å². The van der Waals surface area contributed by atoms with E-state index in [1.165, 1.54) is 29.2 Å². The lowest BCUT2D eigenvalue weighted by molar-refractivity contribution is -0.142. The van der Waals surface area contributed by atoms with Gasteiger partial charge in [0, 0.05) is 60.7 Å². The summed E-state index contributed by atoms with van der Waals surface area (Å²) in [5.74, 6) is -2.41. The van der Waals surface area contributed by atoms with Gasteiger partial charge in [-0.15, -0.1) is 0 Å². The van der Waals surface area contributed by atoms with Gasteiger partial charge < -0.3 is 30.0 Å². The van der Waals surface area contributed by atoms with Crippen molar-refractivity contribution >= 4 is 45.4 Å². The fraction of sp³-hybridized carbons (Fsp3) is 0.596. The van der Waals surface area contributed by atoms with Crippen molar-refractivity contribution in [2.45, 2.75) is 134 Å². The molecule has 8 atom stereocenters. The largest absolute Gasteiger partial charge is 0.352 e. The van der Waals surface area contributed by atoms with Crippen LogP contribution < -0.4 is 10.6 Å². The van der Waals surface area contributed by atoms with Crippen molar-refractivity contribution in [2.75, 3.05) is 20.1 Å². The third-order valence-electron chi connectivity index (χ3n) is 14.5. The molecule has 3 N–H and O–H groups in total. The van der Waals surface area contributed by atoms with Crippen LogP contribution >= 0.6 is 0 Å². The summed E-state index contributed by atoms with van der Waals surface area (Å²) in [7, 11) is 1.70. The molecule has 4 aliphatic rings. The number of benzene rings is 2. The van der Waals surface area contributed by atoms with Crippen molar-refractivity contribution in [1.82, 2.24) is 35.0 Å². The van der Waals surface area contributed by atoms with E-state index >= 15 is 8.78 Å². The molecule has 2 aromatic carbocycles. The summed E-state index contributed by atoms with van der Waals surface area (Å²) in [6.45, 7) is 5.31. The molecule has 0 bridgehead atoms. The summed E-state index contributed by atoms with van der Waals surface area (Å²) in [4.78, 5) is 66.7. The Morgan fingerprint density at radius 3 is 2.16 bits per heavy atom. The maximum atomic E-state index is 15.6. The molecule has 4 heterocycles. The summed E-state index contributed by atoms with van der Waals surface area (Å²) in [5.41, 5.74) is 2.37. The van der Waals surface area contributed by atoms with Crippen LogP contribution in [-0.2, 0) is 32.1 Å². The first kappa shape index (κ1) is 43.8. The molecule has 3 amide bonds. The van der Waals surface area contributed by atoms with E-state index in [0.29, 0.717) is 45.4 Å². The van der Waals surface area contributed by atoms with E-state index in [1.807, 2.05) is 18.4 Å². The van der Waals surface area contributed by atoms with Gasteiger partial charge in [-0.25, -0.2) is 22.5 Å². The van der Waals surface area contributed by atoms with Crippen LogP contribution in [0.15, 0.2) is 36.4 Å². The maximum absolute atomic E-state index is 15.6. The molecule has 4 fully saturated rings. The number of alkyl halides is 2. The zero-order chi connectivity index (χ0) is 44.0. The maximum Gasteiger partial charge on any atom is 0.245 e. The number of fused-ring (bicyclic) bond motifs is 2. The Morgan fingerprint density at radius 1 is 0.871 bits per heavy atom. The number of carbonyl (C=O) groups is 4. The first-order chi connectivity index (χ1) is 29.7. The first-order valence-electron chi connectivity index (χ1n) is 22.6. The van der Waals surface area contributed by atoms with E-state index < -0.39 is 54.1 Å². The van der Waals surface area contributed by atoms with Gasteiger partial charge in [0.1, 0.15) is 35.8 Å². The first-order valence-corrected chi connectivity index (χ1v) is 22.6. The Morgan fingerprint density at radius 2 is 1.52 bits per heavy atom. The number of nitrogens with one attached hydrogen (secondary N) is 3. The SMILES string of the molecule is CC[C@@H](C)C(=O)N[C@H](C(=O)N1C[C@@H](F)C[C@H]1Cn1c(-c2[nH]c3cc(F)ccc3c2C[C@@H]2C[C@H](F)CN2C(=O)[C@@H](CC(=O)[C@H](C)NC)C2CCC2)nc2cc(F)ccc21)C1CCC1. The third kappa shape index (κ3) is 8.62. The summed E-state index contributed by atoms with van der Waals surface area (Å²) in [5, 5.41) is 6.61. The number of halogens is 4. The predicted octanol–water partition coefficient (Wildman–Crippen LogP) is 7.20. The normalized spacial score (nSPS) is 23.9. The molecule has 11 nitrogen and oxygen atoms in total. The molecule has 62 heavy (non-hydrogen) atoms. The van der Waals surface area contributed by atoms with Crippen LogP contribution in [-0.4, -0.2) is 104 Å². The number of likely N-dealkylation sites (tertiary alicyclic amines) is 2. The number of nitrogens with zero attached hydrogens (tertiary/aromatic N) is 4. The van der Waals surface area contributed by atoms with Crippen LogP contribution in [0.5, 0.6) is 0 Å². The van der Waals surface area contributed by atoms with Crippen LogP contribution in [0.2, 0.25) is 0 Å². The zero-order valence-electron chi connectivity index (χ0n) is 36.1. The average molecular weight is 862 g/mol. The van der Waals surface area contributed by atoms with Gasteiger partial charge in [0.2, 0.25) is 17.7 Å². The van der Waals surface area contributed by atoms with Crippen molar-refractivity contribution < 1.29 is 36.7 Å². The molecule has 4 aromatic rings. The van der Waals surface area contributed by atoms with Crippen molar-refractivity contribution in [1.29, 1.82) is 0 Å². The minimum absolute atomic E-state index is 0.0301. The second-order valence-corrected chi connectivity index (χ2v) is 18.5. The highest BCUT2D eigenvalue weighted by Gasteiger charge is 2.45. The molecular formula is C47H59F4N7O4. The minimum Gasteiger partial charge on any atom is -0.352 e. The number of H-pyrrole nitrogens is 1. The van der Waals surface area contributed by atoms with E-state index in [9.17, 15) is 28.0 Å². The van der Waals surface area contributed by atoms with Gasteiger partial charge in [0.25, 0.3) is 0 Å². The van der Waals surface area contributed by atoms with E-state index in [-0.39, 0.29) is 86.6 Å². The lowest BCUT2D eigenvalue weighted by Gasteiger charge is -2.37. The number of hydrogen-bond donors (Lipinski definition) is 3. The van der Waals surface area contributed by atoms with E-state index in [4.69, 9.17) is 4.98 Å². The van der Waals surface area contributed by atoms with Gasteiger partial charge in [0.15, 0.2) is 5.82 Å². The number of ketones is 1. The lowest BCUT2D eigenvalue weighted by Crippen LogP contribution is -2.56. The monoisotopic (exact) mass is 861 g/mol. The summed E-state index contributed by atoms with van der Waals surface area (Å²) < 4.78 is 62.8. The average Bonchev–Trinajstić information content (AvgIpc) is 3.96. The number of amides is 3. The van der Waals surface area contributed by atoms with Crippen LogP contribution in [0.4, 0.5) is 17.6 Å². The highest BCUT2D eigenvalue weighted by atomic mass is 19.1. The topological polar surface area (TPSA) is 132 Å².